The maximum atomic E-state index is 11.6. The van der Waals surface area contributed by atoms with Crippen molar-refractivity contribution in [3.8, 4) is 0 Å². The fourth-order valence-corrected chi connectivity index (χ4v) is 2.63. The molecule has 0 heterocycles. The van der Waals surface area contributed by atoms with Gasteiger partial charge in [-0.3, -0.25) is 4.79 Å². The van der Waals surface area contributed by atoms with Gasteiger partial charge in [-0.1, -0.05) is 47.5 Å². The molecule has 6 heteroatoms. The third kappa shape index (κ3) is 6.10. The molecule has 0 spiro atoms. The SMILES string of the molecule is O=C(CSCc1ccc(Cl)cc1)N/N=C/c1ccc(Cl)cc1. The Morgan fingerprint density at radius 2 is 1.64 bits per heavy atom. The van der Waals surface area contributed by atoms with Gasteiger partial charge in [0.1, 0.15) is 0 Å². The van der Waals surface area contributed by atoms with Crippen molar-refractivity contribution in [3.05, 3.63) is 69.7 Å². The van der Waals surface area contributed by atoms with Crippen LogP contribution in [-0.4, -0.2) is 17.9 Å². The van der Waals surface area contributed by atoms with E-state index in [1.165, 1.54) is 11.8 Å². The highest BCUT2D eigenvalue weighted by Gasteiger charge is 2.00. The molecule has 0 aromatic heterocycles. The summed E-state index contributed by atoms with van der Waals surface area (Å²) in [4.78, 5) is 11.6. The quantitative estimate of drug-likeness (QED) is 0.619. The van der Waals surface area contributed by atoms with Crippen LogP contribution in [0.15, 0.2) is 53.6 Å². The molecular formula is C16H14Cl2N2OS. The number of rotatable bonds is 6. The van der Waals surface area contributed by atoms with E-state index >= 15 is 0 Å². The van der Waals surface area contributed by atoms with E-state index in [1.807, 2.05) is 36.4 Å². The Labute approximate surface area is 143 Å². The van der Waals surface area contributed by atoms with Crippen molar-refractivity contribution in [1.29, 1.82) is 0 Å². The van der Waals surface area contributed by atoms with Crippen LogP contribution in [0.1, 0.15) is 11.1 Å². The number of halogens is 2. The van der Waals surface area contributed by atoms with Crippen molar-refractivity contribution in [2.75, 3.05) is 5.75 Å². The Kier molecular flexibility index (Phi) is 6.77. The third-order valence-corrected chi connectivity index (χ3v) is 4.20. The van der Waals surface area contributed by atoms with Gasteiger partial charge in [-0.2, -0.15) is 5.10 Å². The molecule has 0 radical (unpaired) electrons. The Bertz CT molecular complexity index is 642. The first kappa shape index (κ1) is 16.9. The first-order valence-electron chi connectivity index (χ1n) is 6.53. The molecule has 2 rings (SSSR count). The van der Waals surface area contributed by atoms with Gasteiger partial charge in [0.05, 0.1) is 12.0 Å². The van der Waals surface area contributed by atoms with Crippen LogP contribution < -0.4 is 5.43 Å². The Hall–Kier alpha value is -1.49. The van der Waals surface area contributed by atoms with Crippen molar-refractivity contribution in [3.63, 3.8) is 0 Å². The molecule has 0 saturated carbocycles. The van der Waals surface area contributed by atoms with Crippen LogP contribution >= 0.6 is 35.0 Å². The molecule has 3 nitrogen and oxygen atoms in total. The van der Waals surface area contributed by atoms with Gasteiger partial charge >= 0.3 is 0 Å². The van der Waals surface area contributed by atoms with E-state index in [0.717, 1.165) is 16.9 Å². The van der Waals surface area contributed by atoms with Crippen molar-refractivity contribution < 1.29 is 4.79 Å². The second kappa shape index (κ2) is 8.83. The first-order chi connectivity index (χ1) is 10.6. The Morgan fingerprint density at radius 1 is 1.05 bits per heavy atom. The number of hydrogen-bond acceptors (Lipinski definition) is 3. The van der Waals surface area contributed by atoms with E-state index in [-0.39, 0.29) is 5.91 Å². The van der Waals surface area contributed by atoms with E-state index in [1.54, 1.807) is 18.3 Å². The molecule has 0 fully saturated rings. The summed E-state index contributed by atoms with van der Waals surface area (Å²) < 4.78 is 0. The minimum Gasteiger partial charge on any atom is -0.272 e. The lowest BCUT2D eigenvalue weighted by Gasteiger charge is -2.01. The molecule has 2 aromatic carbocycles. The lowest BCUT2D eigenvalue weighted by atomic mass is 10.2. The van der Waals surface area contributed by atoms with Gasteiger partial charge in [-0.05, 0) is 35.4 Å². The zero-order valence-electron chi connectivity index (χ0n) is 11.6. The Balaban J connectivity index is 1.69. The molecule has 1 amide bonds. The lowest BCUT2D eigenvalue weighted by Crippen LogP contribution is -2.19. The molecule has 22 heavy (non-hydrogen) atoms. The largest absolute Gasteiger partial charge is 0.272 e. The number of hydrogen-bond donors (Lipinski definition) is 1. The van der Waals surface area contributed by atoms with Gasteiger partial charge in [0.15, 0.2) is 0 Å². The topological polar surface area (TPSA) is 41.5 Å². The minimum absolute atomic E-state index is 0.135. The second-order valence-electron chi connectivity index (χ2n) is 4.46. The summed E-state index contributed by atoms with van der Waals surface area (Å²) in [6.45, 7) is 0. The molecule has 0 unspecified atom stereocenters. The molecule has 0 aliphatic rings. The third-order valence-electron chi connectivity index (χ3n) is 2.69. The molecule has 1 N–H and O–H groups in total. The number of benzene rings is 2. The van der Waals surface area contributed by atoms with Gasteiger partial charge in [0.2, 0.25) is 5.91 Å². The van der Waals surface area contributed by atoms with Gasteiger partial charge in [0, 0.05) is 15.8 Å². The molecule has 0 atom stereocenters. The smallest absolute Gasteiger partial charge is 0.250 e. The van der Waals surface area contributed by atoms with Crippen LogP contribution in [-0.2, 0) is 10.5 Å². The molecule has 0 aliphatic heterocycles. The van der Waals surface area contributed by atoms with E-state index in [2.05, 4.69) is 10.5 Å². The van der Waals surface area contributed by atoms with Gasteiger partial charge in [-0.25, -0.2) is 5.43 Å². The fraction of sp³-hybridized carbons (Fsp3) is 0.125. The monoisotopic (exact) mass is 352 g/mol. The normalized spacial score (nSPS) is 10.8. The average molecular weight is 353 g/mol. The maximum Gasteiger partial charge on any atom is 0.250 e. The maximum absolute atomic E-state index is 11.6. The molecule has 0 saturated heterocycles. The number of amides is 1. The lowest BCUT2D eigenvalue weighted by molar-refractivity contribution is -0.118. The van der Waals surface area contributed by atoms with Crippen LogP contribution in [0.2, 0.25) is 10.0 Å². The van der Waals surface area contributed by atoms with Crippen molar-refractivity contribution in [2.45, 2.75) is 5.75 Å². The van der Waals surface area contributed by atoms with Crippen molar-refractivity contribution in [2.24, 2.45) is 5.10 Å². The minimum atomic E-state index is -0.135. The van der Waals surface area contributed by atoms with Gasteiger partial charge < -0.3 is 0 Å². The summed E-state index contributed by atoms with van der Waals surface area (Å²) in [5.41, 5.74) is 4.50. The second-order valence-corrected chi connectivity index (χ2v) is 6.32. The highest BCUT2D eigenvalue weighted by atomic mass is 35.5. The molecule has 2 aromatic rings. The van der Waals surface area contributed by atoms with Crippen LogP contribution in [0.3, 0.4) is 0 Å². The van der Waals surface area contributed by atoms with Crippen molar-refractivity contribution >= 4 is 47.1 Å². The zero-order valence-corrected chi connectivity index (χ0v) is 14.0. The number of carbonyl (C=O) groups excluding carboxylic acids is 1. The summed E-state index contributed by atoms with van der Waals surface area (Å²) in [5.74, 6) is 0.968. The predicted molar refractivity (Wildman–Crippen MR) is 94.8 cm³/mol. The number of nitrogens with zero attached hydrogens (tertiary/aromatic N) is 1. The Morgan fingerprint density at radius 3 is 2.27 bits per heavy atom. The predicted octanol–water partition coefficient (Wildman–Crippen LogP) is 4.38. The summed E-state index contributed by atoms with van der Waals surface area (Å²) >= 11 is 13.1. The van der Waals surface area contributed by atoms with Crippen molar-refractivity contribution in [1.82, 2.24) is 5.43 Å². The highest BCUT2D eigenvalue weighted by Crippen LogP contribution is 2.15. The van der Waals surface area contributed by atoms with Crippen LogP contribution in [0.25, 0.3) is 0 Å². The van der Waals surface area contributed by atoms with Crippen LogP contribution in [0.5, 0.6) is 0 Å². The molecule has 0 bridgehead atoms. The molecule has 0 aliphatic carbocycles. The number of carbonyl (C=O) groups is 1. The van der Waals surface area contributed by atoms with E-state index in [0.29, 0.717) is 15.8 Å². The number of thioether (sulfide) groups is 1. The summed E-state index contributed by atoms with van der Waals surface area (Å²) in [6.07, 6.45) is 1.58. The number of hydrazone groups is 1. The zero-order chi connectivity index (χ0) is 15.8. The van der Waals surface area contributed by atoms with E-state index in [4.69, 9.17) is 23.2 Å². The van der Waals surface area contributed by atoms with Gasteiger partial charge in [-0.15, -0.1) is 11.8 Å². The van der Waals surface area contributed by atoms with Gasteiger partial charge in [0.25, 0.3) is 0 Å². The highest BCUT2D eigenvalue weighted by molar-refractivity contribution is 7.99. The summed E-state index contributed by atoms with van der Waals surface area (Å²) in [5, 5.41) is 5.29. The van der Waals surface area contributed by atoms with Crippen LogP contribution in [0.4, 0.5) is 0 Å². The number of nitrogens with one attached hydrogen (secondary N) is 1. The fourth-order valence-electron chi connectivity index (χ4n) is 1.60. The summed E-state index contributed by atoms with van der Waals surface area (Å²) in [6, 6.07) is 14.8. The van der Waals surface area contributed by atoms with E-state index in [9.17, 15) is 4.79 Å². The standard InChI is InChI=1S/C16H14Cl2N2OS/c17-14-5-1-12(2-6-14)9-19-20-16(21)11-22-10-13-3-7-15(18)8-4-13/h1-9H,10-11H2,(H,20,21)/b19-9+. The molecule has 114 valence electrons. The summed E-state index contributed by atoms with van der Waals surface area (Å²) in [7, 11) is 0. The average Bonchev–Trinajstić information content (AvgIpc) is 2.51. The molecular weight excluding hydrogens is 339 g/mol. The first-order valence-corrected chi connectivity index (χ1v) is 8.44. The van der Waals surface area contributed by atoms with Crippen LogP contribution in [0, 0.1) is 0 Å². The van der Waals surface area contributed by atoms with E-state index < -0.39 is 0 Å².